The molecule has 0 unspecified atom stereocenters. The van der Waals surface area contributed by atoms with E-state index in [1.54, 1.807) is 6.92 Å². The first kappa shape index (κ1) is 18.7. The Balaban J connectivity index is 4.25. The van der Waals surface area contributed by atoms with Gasteiger partial charge in [-0.25, -0.2) is 4.79 Å². The summed E-state index contributed by atoms with van der Waals surface area (Å²) in [4.78, 5) is 22.4. The van der Waals surface area contributed by atoms with Crippen LogP contribution in [0.25, 0.3) is 0 Å². The van der Waals surface area contributed by atoms with E-state index >= 15 is 0 Å². The van der Waals surface area contributed by atoms with E-state index < -0.39 is 14.8 Å². The fraction of sp³-hybridized carbons (Fsp3) is 0.538. The summed E-state index contributed by atoms with van der Waals surface area (Å²) in [5, 5.41) is 0. The molecule has 20 heavy (non-hydrogen) atoms. The molecule has 0 aromatic carbocycles. The maximum Gasteiger partial charge on any atom is 0.500 e. The van der Waals surface area contributed by atoms with E-state index in [2.05, 4.69) is 13.2 Å². The van der Waals surface area contributed by atoms with Gasteiger partial charge in [-0.3, -0.25) is 4.79 Å². The highest BCUT2D eigenvalue weighted by atomic mass is 28.4. The van der Waals surface area contributed by atoms with Crippen LogP contribution in [-0.2, 0) is 27.6 Å². The van der Waals surface area contributed by atoms with E-state index in [4.69, 9.17) is 18.0 Å². The van der Waals surface area contributed by atoms with Crippen molar-refractivity contribution in [2.24, 2.45) is 0 Å². The Morgan fingerprint density at radius 3 is 2.30 bits per heavy atom. The summed E-state index contributed by atoms with van der Waals surface area (Å²) in [5.41, 5.74) is 0.347. The van der Waals surface area contributed by atoms with Gasteiger partial charge in [0.15, 0.2) is 5.78 Å². The third-order valence-electron chi connectivity index (χ3n) is 2.49. The molecule has 6 nitrogen and oxygen atoms in total. The molecule has 0 rings (SSSR count). The molecule has 114 valence electrons. The van der Waals surface area contributed by atoms with Crippen LogP contribution < -0.4 is 0 Å². The maximum atomic E-state index is 11.2. The molecule has 0 aromatic rings. The number of ketones is 1. The molecule has 0 atom stereocenters. The van der Waals surface area contributed by atoms with Gasteiger partial charge in [0.05, 0.1) is 6.61 Å². The zero-order chi connectivity index (χ0) is 15.6. The van der Waals surface area contributed by atoms with Gasteiger partial charge in [-0.15, -0.1) is 0 Å². The van der Waals surface area contributed by atoms with Crippen molar-refractivity contribution in [3.8, 4) is 0 Å². The van der Waals surface area contributed by atoms with Gasteiger partial charge in [-0.05, 0) is 19.4 Å². The number of hydrogen-bond acceptors (Lipinski definition) is 6. The number of esters is 1. The van der Waals surface area contributed by atoms with E-state index in [0.717, 1.165) is 0 Å². The number of ether oxygens (including phenoxy) is 1. The zero-order valence-corrected chi connectivity index (χ0v) is 13.3. The molecule has 0 aliphatic heterocycles. The van der Waals surface area contributed by atoms with Crippen molar-refractivity contribution < 1.29 is 27.6 Å². The second kappa shape index (κ2) is 9.59. The Bertz CT molecular complexity index is 362. The molecule has 0 saturated carbocycles. The molecule has 0 fully saturated rings. The second-order valence-corrected chi connectivity index (χ2v) is 7.04. The van der Waals surface area contributed by atoms with Crippen LogP contribution >= 0.6 is 0 Å². The number of carbonyl (C=O) groups excluding carboxylic acids is 2. The molecular formula is C13H22O6Si. The highest BCUT2D eigenvalue weighted by Gasteiger charge is 2.39. The summed E-state index contributed by atoms with van der Waals surface area (Å²) in [6, 6.07) is 0.438. The zero-order valence-electron chi connectivity index (χ0n) is 12.3. The molecule has 0 aliphatic carbocycles. The minimum atomic E-state index is -2.90. The predicted molar refractivity (Wildman–Crippen MR) is 76.1 cm³/mol. The smallest absolute Gasteiger partial charge is 0.462 e. The molecule has 0 aliphatic rings. The molecule has 0 heterocycles. The first-order chi connectivity index (χ1) is 9.40. The van der Waals surface area contributed by atoms with E-state index in [0.29, 0.717) is 18.0 Å². The molecule has 0 bridgehead atoms. The van der Waals surface area contributed by atoms with Crippen LogP contribution in [0.3, 0.4) is 0 Å². The van der Waals surface area contributed by atoms with E-state index in [-0.39, 0.29) is 19.0 Å². The first-order valence-electron chi connectivity index (χ1n) is 6.13. The van der Waals surface area contributed by atoms with E-state index in [9.17, 15) is 9.59 Å². The summed E-state index contributed by atoms with van der Waals surface area (Å²) in [5.74, 6) is -0.681. The molecule has 0 N–H and O–H groups in total. The Morgan fingerprint density at radius 1 is 1.25 bits per heavy atom. The lowest BCUT2D eigenvalue weighted by Gasteiger charge is -2.25. The van der Waals surface area contributed by atoms with Gasteiger partial charge in [-0.1, -0.05) is 13.2 Å². The van der Waals surface area contributed by atoms with Crippen molar-refractivity contribution in [3.05, 3.63) is 24.8 Å². The summed E-state index contributed by atoms with van der Waals surface area (Å²) in [6.45, 7) is 8.51. The standard InChI is InChI=1S/C13H22O6Si/c1-6-12(14)10-19-20(16-4,17-5)9-7-8-18-13(15)11(2)3/h6H,1-2,7-10H2,3-5H3. The Morgan fingerprint density at radius 2 is 1.85 bits per heavy atom. The van der Waals surface area contributed by atoms with Gasteiger partial charge in [0.25, 0.3) is 0 Å². The minimum absolute atomic E-state index is 0.136. The van der Waals surface area contributed by atoms with Crippen LogP contribution in [0.4, 0.5) is 0 Å². The quantitative estimate of drug-likeness (QED) is 0.249. The number of rotatable bonds is 11. The lowest BCUT2D eigenvalue weighted by Crippen LogP contribution is -2.45. The Labute approximate surface area is 120 Å². The fourth-order valence-electron chi connectivity index (χ4n) is 1.29. The molecule has 0 saturated heterocycles. The predicted octanol–water partition coefficient (Wildman–Crippen LogP) is 1.50. The van der Waals surface area contributed by atoms with Crippen molar-refractivity contribution in [1.29, 1.82) is 0 Å². The monoisotopic (exact) mass is 302 g/mol. The minimum Gasteiger partial charge on any atom is -0.462 e. The van der Waals surface area contributed by atoms with Gasteiger partial charge in [0.1, 0.15) is 6.61 Å². The molecule has 7 heteroatoms. The van der Waals surface area contributed by atoms with Crippen LogP contribution in [0, 0.1) is 0 Å². The summed E-state index contributed by atoms with van der Waals surface area (Å²) in [6.07, 6.45) is 1.69. The Hall–Kier alpha value is -1.28. The topological polar surface area (TPSA) is 71.1 Å². The molecule has 0 radical (unpaired) electrons. The van der Waals surface area contributed by atoms with E-state index in [1.165, 1.54) is 20.3 Å². The van der Waals surface area contributed by atoms with Crippen LogP contribution in [0.2, 0.25) is 6.04 Å². The third-order valence-corrected chi connectivity index (χ3v) is 5.29. The average molecular weight is 302 g/mol. The van der Waals surface area contributed by atoms with Crippen molar-refractivity contribution in [1.82, 2.24) is 0 Å². The fourth-order valence-corrected chi connectivity index (χ4v) is 3.19. The lowest BCUT2D eigenvalue weighted by molar-refractivity contribution is -0.139. The van der Waals surface area contributed by atoms with E-state index in [1.807, 2.05) is 0 Å². The average Bonchev–Trinajstić information content (AvgIpc) is 2.46. The third kappa shape index (κ3) is 6.76. The summed E-state index contributed by atoms with van der Waals surface area (Å²) < 4.78 is 21.0. The van der Waals surface area contributed by atoms with Crippen LogP contribution in [0.5, 0.6) is 0 Å². The van der Waals surface area contributed by atoms with Crippen LogP contribution in [0.1, 0.15) is 13.3 Å². The summed E-state index contributed by atoms with van der Waals surface area (Å²) in [7, 11) is 0.0285. The molecular weight excluding hydrogens is 280 g/mol. The normalized spacial score (nSPS) is 10.9. The van der Waals surface area contributed by atoms with Crippen molar-refractivity contribution in [2.45, 2.75) is 19.4 Å². The molecule has 0 spiro atoms. The SMILES string of the molecule is C=CC(=O)CO[Si](CCCOC(=O)C(=C)C)(OC)OC. The van der Waals surface area contributed by atoms with Crippen molar-refractivity contribution in [3.63, 3.8) is 0 Å². The highest BCUT2D eigenvalue weighted by molar-refractivity contribution is 6.60. The van der Waals surface area contributed by atoms with Gasteiger partial charge >= 0.3 is 14.8 Å². The molecule has 0 amide bonds. The van der Waals surface area contributed by atoms with Crippen molar-refractivity contribution >= 4 is 20.6 Å². The van der Waals surface area contributed by atoms with Crippen molar-refractivity contribution in [2.75, 3.05) is 27.4 Å². The second-order valence-electron chi connectivity index (χ2n) is 4.07. The van der Waals surface area contributed by atoms with Gasteiger partial charge < -0.3 is 18.0 Å². The first-order valence-corrected chi connectivity index (χ1v) is 8.06. The number of hydrogen-bond donors (Lipinski definition) is 0. The van der Waals surface area contributed by atoms with Gasteiger partial charge in [0.2, 0.25) is 0 Å². The highest BCUT2D eigenvalue weighted by Crippen LogP contribution is 2.16. The number of carbonyl (C=O) groups is 2. The van der Waals surface area contributed by atoms with Gasteiger partial charge in [-0.2, -0.15) is 0 Å². The lowest BCUT2D eigenvalue weighted by atomic mass is 10.4. The Kier molecular flexibility index (Phi) is 8.98. The molecule has 0 aromatic heterocycles. The largest absolute Gasteiger partial charge is 0.500 e. The summed E-state index contributed by atoms with van der Waals surface area (Å²) >= 11 is 0. The van der Waals surface area contributed by atoms with Crippen LogP contribution in [0.15, 0.2) is 24.8 Å². The maximum absolute atomic E-state index is 11.2. The van der Waals surface area contributed by atoms with Gasteiger partial charge in [0, 0.05) is 25.8 Å². The van der Waals surface area contributed by atoms with Crippen LogP contribution in [-0.4, -0.2) is 48.0 Å².